The van der Waals surface area contributed by atoms with Crippen molar-refractivity contribution in [2.75, 3.05) is 13.1 Å². The Labute approximate surface area is 138 Å². The van der Waals surface area contributed by atoms with Gasteiger partial charge in [0, 0.05) is 0 Å². The molecule has 1 saturated heterocycles. The molecule has 1 aliphatic carbocycles. The summed E-state index contributed by atoms with van der Waals surface area (Å²) in [5.74, 6) is 1.62. The highest BCUT2D eigenvalue weighted by Gasteiger charge is 2.35. The van der Waals surface area contributed by atoms with E-state index < -0.39 is 5.60 Å². The second kappa shape index (κ2) is 6.42. The average Bonchev–Trinajstić information content (AvgIpc) is 2.95. The number of benzene rings is 1. The van der Waals surface area contributed by atoms with E-state index in [-0.39, 0.29) is 12.2 Å². The van der Waals surface area contributed by atoms with Gasteiger partial charge in [-0.3, -0.25) is 0 Å². The van der Waals surface area contributed by atoms with E-state index in [4.69, 9.17) is 9.47 Å². The number of carbonyl (C=O) groups is 1. The Morgan fingerprint density at radius 3 is 2.26 bits per heavy atom. The smallest absolute Gasteiger partial charge is 0.410 e. The molecule has 2 fully saturated rings. The predicted octanol–water partition coefficient (Wildman–Crippen LogP) is 4.34. The molecule has 0 spiro atoms. The summed E-state index contributed by atoms with van der Waals surface area (Å²) in [6, 6.07) is 8.50. The van der Waals surface area contributed by atoms with E-state index in [1.54, 1.807) is 4.90 Å². The molecule has 0 N–H and O–H groups in total. The molecule has 0 unspecified atom stereocenters. The van der Waals surface area contributed by atoms with Gasteiger partial charge < -0.3 is 14.4 Å². The van der Waals surface area contributed by atoms with Gasteiger partial charge in [-0.2, -0.15) is 0 Å². The molecule has 1 heterocycles. The molecule has 1 aromatic carbocycles. The van der Waals surface area contributed by atoms with Gasteiger partial charge in [-0.1, -0.05) is 25.0 Å². The lowest BCUT2D eigenvalue weighted by molar-refractivity contribution is -0.0221. The van der Waals surface area contributed by atoms with E-state index in [1.807, 2.05) is 20.8 Å². The molecule has 1 aromatic rings. The second-order valence-electron chi connectivity index (χ2n) is 7.68. The van der Waals surface area contributed by atoms with Crippen LogP contribution in [0.3, 0.4) is 0 Å². The molecule has 3 rings (SSSR count). The largest absolute Gasteiger partial charge is 0.487 e. The van der Waals surface area contributed by atoms with Crippen molar-refractivity contribution in [2.24, 2.45) is 0 Å². The Hall–Kier alpha value is -1.71. The van der Waals surface area contributed by atoms with Crippen LogP contribution in [0.4, 0.5) is 4.79 Å². The first-order valence-electron chi connectivity index (χ1n) is 8.65. The van der Waals surface area contributed by atoms with Crippen LogP contribution >= 0.6 is 0 Å². The maximum Gasteiger partial charge on any atom is 0.410 e. The van der Waals surface area contributed by atoms with Crippen LogP contribution in [0.2, 0.25) is 0 Å². The molecule has 1 amide bonds. The normalized spacial score (nSPS) is 19.5. The minimum Gasteiger partial charge on any atom is -0.487 e. The summed E-state index contributed by atoms with van der Waals surface area (Å²) in [6.07, 6.45) is 5.15. The fourth-order valence-electron chi connectivity index (χ4n) is 3.26. The van der Waals surface area contributed by atoms with Crippen LogP contribution in [-0.2, 0) is 4.74 Å². The summed E-state index contributed by atoms with van der Waals surface area (Å²) in [7, 11) is 0. The van der Waals surface area contributed by atoms with Crippen molar-refractivity contribution in [1.29, 1.82) is 0 Å². The number of hydrogen-bond donors (Lipinski definition) is 0. The summed E-state index contributed by atoms with van der Waals surface area (Å²) in [5, 5.41) is 0. The molecule has 1 aliphatic heterocycles. The Morgan fingerprint density at radius 1 is 1.09 bits per heavy atom. The second-order valence-corrected chi connectivity index (χ2v) is 7.68. The quantitative estimate of drug-likeness (QED) is 0.832. The lowest BCUT2D eigenvalue weighted by Gasteiger charge is -2.39. The average molecular weight is 317 g/mol. The molecule has 4 nitrogen and oxygen atoms in total. The number of likely N-dealkylation sites (tertiary alicyclic amines) is 1. The number of rotatable bonds is 3. The first kappa shape index (κ1) is 16.2. The monoisotopic (exact) mass is 317 g/mol. The van der Waals surface area contributed by atoms with Crippen LogP contribution in [0.5, 0.6) is 5.75 Å². The number of hydrogen-bond acceptors (Lipinski definition) is 3. The van der Waals surface area contributed by atoms with Gasteiger partial charge in [0.05, 0.1) is 13.1 Å². The molecule has 23 heavy (non-hydrogen) atoms. The Balaban J connectivity index is 1.45. The summed E-state index contributed by atoms with van der Waals surface area (Å²) in [4.78, 5) is 13.6. The highest BCUT2D eigenvalue weighted by Crippen LogP contribution is 2.34. The van der Waals surface area contributed by atoms with E-state index in [0.29, 0.717) is 13.1 Å². The lowest BCUT2D eigenvalue weighted by atomic mass is 9.98. The van der Waals surface area contributed by atoms with Crippen molar-refractivity contribution in [3.8, 4) is 5.75 Å². The number of nitrogens with zero attached hydrogens (tertiary/aromatic N) is 1. The molecular weight excluding hydrogens is 290 g/mol. The van der Waals surface area contributed by atoms with E-state index in [1.165, 1.54) is 31.2 Å². The topological polar surface area (TPSA) is 38.8 Å². The van der Waals surface area contributed by atoms with Gasteiger partial charge in [0.15, 0.2) is 0 Å². The van der Waals surface area contributed by atoms with E-state index in [2.05, 4.69) is 24.3 Å². The lowest BCUT2D eigenvalue weighted by Crippen LogP contribution is -2.57. The molecule has 0 radical (unpaired) electrons. The van der Waals surface area contributed by atoms with Gasteiger partial charge in [0.1, 0.15) is 17.5 Å². The van der Waals surface area contributed by atoms with Crippen molar-refractivity contribution in [3.05, 3.63) is 29.8 Å². The zero-order valence-electron chi connectivity index (χ0n) is 14.4. The third-order valence-electron chi connectivity index (χ3n) is 4.51. The highest BCUT2D eigenvalue weighted by molar-refractivity contribution is 5.69. The first-order valence-corrected chi connectivity index (χ1v) is 8.65. The zero-order valence-corrected chi connectivity index (χ0v) is 14.4. The molecule has 126 valence electrons. The third kappa shape index (κ3) is 4.18. The van der Waals surface area contributed by atoms with Crippen molar-refractivity contribution >= 4 is 6.09 Å². The van der Waals surface area contributed by atoms with Gasteiger partial charge >= 0.3 is 6.09 Å². The summed E-state index contributed by atoms with van der Waals surface area (Å²) in [6.45, 7) is 6.83. The van der Waals surface area contributed by atoms with Crippen molar-refractivity contribution in [1.82, 2.24) is 4.90 Å². The molecule has 0 bridgehead atoms. The molecular formula is C19H27NO3. The SMILES string of the molecule is CC(C)(C)OC(=O)N1CC(Oc2ccc(C3CCCC3)cc2)C1. The van der Waals surface area contributed by atoms with Crippen LogP contribution in [0.25, 0.3) is 0 Å². The van der Waals surface area contributed by atoms with Gasteiger partial charge in [-0.15, -0.1) is 0 Å². The van der Waals surface area contributed by atoms with Crippen molar-refractivity contribution in [2.45, 2.75) is 64.1 Å². The Kier molecular flexibility index (Phi) is 4.51. The molecule has 1 saturated carbocycles. The van der Waals surface area contributed by atoms with Crippen LogP contribution in [0.15, 0.2) is 24.3 Å². The van der Waals surface area contributed by atoms with Crippen LogP contribution in [0.1, 0.15) is 57.9 Å². The summed E-state index contributed by atoms with van der Waals surface area (Å²) >= 11 is 0. The fourth-order valence-corrected chi connectivity index (χ4v) is 3.26. The molecule has 0 aromatic heterocycles. The standard InChI is InChI=1S/C19H27NO3/c1-19(2,3)23-18(21)20-12-17(13-20)22-16-10-8-15(9-11-16)14-6-4-5-7-14/h8-11,14,17H,4-7,12-13H2,1-3H3. The highest BCUT2D eigenvalue weighted by atomic mass is 16.6. The zero-order chi connectivity index (χ0) is 16.4. The van der Waals surface area contributed by atoms with Gasteiger partial charge in [-0.05, 0) is 57.2 Å². The van der Waals surface area contributed by atoms with E-state index in [0.717, 1.165) is 11.7 Å². The van der Waals surface area contributed by atoms with Crippen LogP contribution < -0.4 is 4.74 Å². The minimum atomic E-state index is -0.445. The predicted molar refractivity (Wildman–Crippen MR) is 89.9 cm³/mol. The Morgan fingerprint density at radius 2 is 1.70 bits per heavy atom. The summed E-state index contributed by atoms with van der Waals surface area (Å²) in [5.41, 5.74) is 0.984. The van der Waals surface area contributed by atoms with Crippen LogP contribution in [0, 0.1) is 0 Å². The minimum absolute atomic E-state index is 0.0693. The number of amides is 1. The Bertz CT molecular complexity index is 535. The van der Waals surface area contributed by atoms with Crippen LogP contribution in [-0.4, -0.2) is 35.8 Å². The van der Waals surface area contributed by atoms with Gasteiger partial charge in [0.2, 0.25) is 0 Å². The maximum atomic E-state index is 11.9. The first-order chi connectivity index (χ1) is 10.9. The molecule has 0 atom stereocenters. The number of carbonyl (C=O) groups excluding carboxylic acids is 1. The third-order valence-corrected chi connectivity index (χ3v) is 4.51. The van der Waals surface area contributed by atoms with Crippen molar-refractivity contribution < 1.29 is 14.3 Å². The summed E-state index contributed by atoms with van der Waals surface area (Å²) < 4.78 is 11.3. The van der Waals surface area contributed by atoms with Gasteiger partial charge in [0.25, 0.3) is 0 Å². The fraction of sp³-hybridized carbons (Fsp3) is 0.632. The van der Waals surface area contributed by atoms with Crippen molar-refractivity contribution in [3.63, 3.8) is 0 Å². The number of ether oxygens (including phenoxy) is 2. The molecule has 4 heteroatoms. The van der Waals surface area contributed by atoms with E-state index >= 15 is 0 Å². The van der Waals surface area contributed by atoms with E-state index in [9.17, 15) is 4.79 Å². The maximum absolute atomic E-state index is 11.9. The molecule has 2 aliphatic rings. The van der Waals surface area contributed by atoms with Gasteiger partial charge in [-0.25, -0.2) is 4.79 Å².